The number of amides is 2. The number of halogens is 2. The minimum Gasteiger partial charge on any atom is -0.339 e. The largest absolute Gasteiger partial charge is 0.339 e. The monoisotopic (exact) mass is 497 g/mol. The first-order valence-corrected chi connectivity index (χ1v) is 10.9. The molecule has 9 heteroatoms. The van der Waals surface area contributed by atoms with Crippen LogP contribution in [0.1, 0.15) is 15.9 Å². The zero-order chi connectivity index (χ0) is 22.5. The number of benzene rings is 2. The van der Waals surface area contributed by atoms with Crippen molar-refractivity contribution in [1.29, 1.82) is 0 Å². The highest BCUT2D eigenvalue weighted by atomic mass is 79.9. The van der Waals surface area contributed by atoms with E-state index >= 15 is 0 Å². The normalized spacial score (nSPS) is 13.7. The molecule has 1 saturated heterocycles. The molecule has 0 radical (unpaired) electrons. The lowest BCUT2D eigenvalue weighted by Gasteiger charge is -2.34. The number of carbonyl (C=O) groups excluding carboxylic acids is 2. The molecule has 7 nitrogen and oxygen atoms in total. The number of hydrogen-bond acceptors (Lipinski definition) is 5. The molecular formula is C23H21BrFN5O2. The SMILES string of the molecule is O=C(Nc1ccc(CC(=O)N2CCN(c3ncccn3)CC2)cc1)c1ccc(Br)cc1F. The van der Waals surface area contributed by atoms with E-state index in [0.29, 0.717) is 42.3 Å². The Kier molecular flexibility index (Phi) is 6.75. The number of piperazine rings is 1. The molecule has 1 fully saturated rings. The molecule has 3 aromatic rings. The van der Waals surface area contributed by atoms with Gasteiger partial charge in [0.25, 0.3) is 5.91 Å². The van der Waals surface area contributed by atoms with Gasteiger partial charge in [-0.25, -0.2) is 14.4 Å². The van der Waals surface area contributed by atoms with Crippen LogP contribution in [0.15, 0.2) is 65.4 Å². The summed E-state index contributed by atoms with van der Waals surface area (Å²) in [5.74, 6) is -0.398. The molecular weight excluding hydrogens is 477 g/mol. The fraction of sp³-hybridized carbons (Fsp3) is 0.217. The van der Waals surface area contributed by atoms with E-state index in [1.54, 1.807) is 48.8 Å². The number of nitrogens with zero attached hydrogens (tertiary/aromatic N) is 4. The highest BCUT2D eigenvalue weighted by molar-refractivity contribution is 9.10. The summed E-state index contributed by atoms with van der Waals surface area (Å²) in [5, 5.41) is 2.68. The summed E-state index contributed by atoms with van der Waals surface area (Å²) < 4.78 is 14.5. The first kappa shape index (κ1) is 21.9. The molecule has 4 rings (SSSR count). The highest BCUT2D eigenvalue weighted by Crippen LogP contribution is 2.18. The summed E-state index contributed by atoms with van der Waals surface area (Å²) >= 11 is 3.17. The van der Waals surface area contributed by atoms with Crippen molar-refractivity contribution in [1.82, 2.24) is 14.9 Å². The predicted octanol–water partition coefficient (Wildman–Crippen LogP) is 3.52. The minimum atomic E-state index is -0.599. The maximum absolute atomic E-state index is 14.0. The molecule has 0 spiro atoms. The smallest absolute Gasteiger partial charge is 0.258 e. The van der Waals surface area contributed by atoms with Crippen LogP contribution in [-0.4, -0.2) is 52.9 Å². The number of aromatic nitrogens is 2. The molecule has 1 aliphatic heterocycles. The predicted molar refractivity (Wildman–Crippen MR) is 123 cm³/mol. The van der Waals surface area contributed by atoms with E-state index in [2.05, 4.69) is 36.1 Å². The molecule has 0 saturated carbocycles. The fourth-order valence-corrected chi connectivity index (χ4v) is 3.81. The van der Waals surface area contributed by atoms with Gasteiger partial charge in [0.05, 0.1) is 12.0 Å². The molecule has 0 bridgehead atoms. The third-order valence-corrected chi connectivity index (χ3v) is 5.70. The summed E-state index contributed by atoms with van der Waals surface area (Å²) in [6.07, 6.45) is 3.69. The van der Waals surface area contributed by atoms with Crippen molar-refractivity contribution in [3.8, 4) is 0 Å². The van der Waals surface area contributed by atoms with Gasteiger partial charge in [-0.1, -0.05) is 28.1 Å². The van der Waals surface area contributed by atoms with Gasteiger partial charge in [-0.15, -0.1) is 0 Å². The van der Waals surface area contributed by atoms with Crippen LogP contribution in [0.4, 0.5) is 16.0 Å². The van der Waals surface area contributed by atoms with Crippen LogP contribution in [0.5, 0.6) is 0 Å². The third kappa shape index (κ3) is 5.28. The maximum atomic E-state index is 14.0. The molecule has 0 atom stereocenters. The number of nitrogens with one attached hydrogen (secondary N) is 1. The van der Waals surface area contributed by atoms with Gasteiger partial charge >= 0.3 is 0 Å². The van der Waals surface area contributed by atoms with Gasteiger partial charge < -0.3 is 15.1 Å². The van der Waals surface area contributed by atoms with Crippen molar-refractivity contribution in [2.24, 2.45) is 0 Å². The van der Waals surface area contributed by atoms with Crippen LogP contribution in [0, 0.1) is 5.82 Å². The van der Waals surface area contributed by atoms with E-state index in [1.807, 2.05) is 4.90 Å². The Hall–Kier alpha value is -3.33. The first-order chi connectivity index (χ1) is 15.5. The maximum Gasteiger partial charge on any atom is 0.258 e. The van der Waals surface area contributed by atoms with Gasteiger partial charge in [0.15, 0.2) is 0 Å². The molecule has 2 aromatic carbocycles. The molecule has 0 aliphatic carbocycles. The molecule has 32 heavy (non-hydrogen) atoms. The lowest BCUT2D eigenvalue weighted by Crippen LogP contribution is -2.49. The van der Waals surface area contributed by atoms with E-state index in [0.717, 1.165) is 5.56 Å². The van der Waals surface area contributed by atoms with Crippen LogP contribution >= 0.6 is 15.9 Å². The Morgan fingerprint density at radius 1 is 1.00 bits per heavy atom. The summed E-state index contributed by atoms with van der Waals surface area (Å²) in [4.78, 5) is 37.4. The Balaban J connectivity index is 1.30. The average Bonchev–Trinajstić information content (AvgIpc) is 2.81. The second-order valence-electron chi connectivity index (χ2n) is 7.37. The van der Waals surface area contributed by atoms with Crippen LogP contribution in [0.3, 0.4) is 0 Å². The van der Waals surface area contributed by atoms with Gasteiger partial charge in [-0.2, -0.15) is 0 Å². The number of rotatable bonds is 5. The molecule has 1 aromatic heterocycles. The zero-order valence-corrected chi connectivity index (χ0v) is 18.8. The topological polar surface area (TPSA) is 78.4 Å². The summed E-state index contributed by atoms with van der Waals surface area (Å²) in [6.45, 7) is 2.61. The van der Waals surface area contributed by atoms with Crippen molar-refractivity contribution in [2.75, 3.05) is 36.4 Å². The summed E-state index contributed by atoms with van der Waals surface area (Å²) in [7, 11) is 0. The Morgan fingerprint density at radius 2 is 1.69 bits per heavy atom. The molecule has 2 heterocycles. The van der Waals surface area contributed by atoms with Gasteiger partial charge in [0.1, 0.15) is 5.82 Å². The second kappa shape index (κ2) is 9.86. The van der Waals surface area contributed by atoms with E-state index in [4.69, 9.17) is 0 Å². The van der Waals surface area contributed by atoms with E-state index in [1.165, 1.54) is 12.1 Å². The number of anilines is 2. The molecule has 1 N–H and O–H groups in total. The Labute approximate surface area is 193 Å². The number of hydrogen-bond donors (Lipinski definition) is 1. The lowest BCUT2D eigenvalue weighted by molar-refractivity contribution is -0.130. The van der Waals surface area contributed by atoms with Crippen LogP contribution in [0.2, 0.25) is 0 Å². The zero-order valence-electron chi connectivity index (χ0n) is 17.2. The van der Waals surface area contributed by atoms with Crippen molar-refractivity contribution in [3.63, 3.8) is 0 Å². The molecule has 2 amide bonds. The molecule has 0 unspecified atom stereocenters. The fourth-order valence-electron chi connectivity index (χ4n) is 3.47. The third-order valence-electron chi connectivity index (χ3n) is 5.21. The summed E-state index contributed by atoms with van der Waals surface area (Å²) in [6, 6.07) is 13.1. The van der Waals surface area contributed by atoms with Gasteiger partial charge in [-0.05, 0) is 42.0 Å². The van der Waals surface area contributed by atoms with E-state index in [9.17, 15) is 14.0 Å². The van der Waals surface area contributed by atoms with Gasteiger partial charge in [0.2, 0.25) is 11.9 Å². The van der Waals surface area contributed by atoms with Gasteiger partial charge in [-0.3, -0.25) is 9.59 Å². The van der Waals surface area contributed by atoms with Crippen molar-refractivity contribution >= 4 is 39.4 Å². The summed E-state index contributed by atoms with van der Waals surface area (Å²) in [5.41, 5.74) is 1.34. The van der Waals surface area contributed by atoms with E-state index in [-0.39, 0.29) is 17.9 Å². The van der Waals surface area contributed by atoms with Crippen LogP contribution in [-0.2, 0) is 11.2 Å². The highest BCUT2D eigenvalue weighted by Gasteiger charge is 2.22. The van der Waals surface area contributed by atoms with Crippen LogP contribution < -0.4 is 10.2 Å². The van der Waals surface area contributed by atoms with Gasteiger partial charge in [0, 0.05) is 48.7 Å². The van der Waals surface area contributed by atoms with Crippen molar-refractivity contribution in [2.45, 2.75) is 6.42 Å². The average molecular weight is 498 g/mol. The molecule has 1 aliphatic rings. The van der Waals surface area contributed by atoms with E-state index < -0.39 is 11.7 Å². The molecule has 164 valence electrons. The van der Waals surface area contributed by atoms with Crippen molar-refractivity contribution in [3.05, 3.63) is 82.3 Å². The minimum absolute atomic E-state index is 0.0347. The lowest BCUT2D eigenvalue weighted by atomic mass is 10.1. The van der Waals surface area contributed by atoms with Crippen LogP contribution in [0.25, 0.3) is 0 Å². The van der Waals surface area contributed by atoms with Crippen molar-refractivity contribution < 1.29 is 14.0 Å². The Bertz CT molecular complexity index is 1100. The standard InChI is InChI=1S/C23H21BrFN5O2/c24-17-4-7-19(20(25)15-17)22(32)28-18-5-2-16(3-6-18)14-21(31)29-10-12-30(13-11-29)23-26-8-1-9-27-23/h1-9,15H,10-14H2,(H,28,32). The number of carbonyl (C=O) groups is 2. The quantitative estimate of drug-likeness (QED) is 0.583. The first-order valence-electron chi connectivity index (χ1n) is 10.1. The Morgan fingerprint density at radius 3 is 2.34 bits per heavy atom. The second-order valence-corrected chi connectivity index (χ2v) is 8.28.